The first-order valence-corrected chi connectivity index (χ1v) is 5.65. The van der Waals surface area contributed by atoms with Crippen molar-refractivity contribution in [1.29, 1.82) is 0 Å². The summed E-state index contributed by atoms with van der Waals surface area (Å²) in [7, 11) is 0. The summed E-state index contributed by atoms with van der Waals surface area (Å²) in [5.74, 6) is 1.04. The van der Waals surface area contributed by atoms with E-state index in [0.717, 1.165) is 12.0 Å². The van der Waals surface area contributed by atoms with Gasteiger partial charge in [-0.3, -0.25) is 0 Å². The standard InChI is InChI=1S/C14H22O.Na.H/c1-11(10-14(2,3)4)9-12-7-5-6-8-13(12)15;;/h5-8,11,15H,9-10H2,1-4H3;;/q;+1;-1. The van der Waals surface area contributed by atoms with Gasteiger partial charge in [0.1, 0.15) is 5.75 Å². The van der Waals surface area contributed by atoms with Gasteiger partial charge in [-0.25, -0.2) is 0 Å². The van der Waals surface area contributed by atoms with E-state index in [9.17, 15) is 5.11 Å². The maximum absolute atomic E-state index is 9.66. The summed E-state index contributed by atoms with van der Waals surface area (Å²) in [5.41, 5.74) is 1.43. The molecule has 2 heteroatoms. The van der Waals surface area contributed by atoms with E-state index in [-0.39, 0.29) is 31.0 Å². The van der Waals surface area contributed by atoms with E-state index < -0.39 is 0 Å². The number of hydrogen-bond acceptors (Lipinski definition) is 1. The molecule has 0 aliphatic heterocycles. The molecule has 1 N–H and O–H groups in total. The molecule has 1 nitrogen and oxygen atoms in total. The van der Waals surface area contributed by atoms with Crippen LogP contribution in [-0.4, -0.2) is 5.11 Å². The first-order chi connectivity index (χ1) is 6.88. The zero-order valence-electron chi connectivity index (χ0n) is 12.2. The van der Waals surface area contributed by atoms with E-state index in [1.54, 1.807) is 6.07 Å². The van der Waals surface area contributed by atoms with Gasteiger partial charge in [-0.1, -0.05) is 45.9 Å². The molecular weight excluding hydrogens is 207 g/mol. The second-order valence-corrected chi connectivity index (χ2v) is 5.70. The van der Waals surface area contributed by atoms with Gasteiger partial charge in [0.15, 0.2) is 0 Å². The maximum atomic E-state index is 9.66. The molecule has 0 aliphatic rings. The summed E-state index contributed by atoms with van der Waals surface area (Å²) in [5, 5.41) is 9.66. The Morgan fingerprint density at radius 3 is 2.31 bits per heavy atom. The van der Waals surface area contributed by atoms with Crippen LogP contribution in [0.3, 0.4) is 0 Å². The molecule has 1 unspecified atom stereocenters. The molecular formula is C14H23NaO. The third-order valence-electron chi connectivity index (χ3n) is 2.52. The maximum Gasteiger partial charge on any atom is 1.00 e. The zero-order chi connectivity index (χ0) is 11.5. The molecule has 0 fully saturated rings. The van der Waals surface area contributed by atoms with E-state index in [0.29, 0.717) is 17.1 Å². The summed E-state index contributed by atoms with van der Waals surface area (Å²) >= 11 is 0. The van der Waals surface area contributed by atoms with Crippen LogP contribution in [0.1, 0.15) is 41.1 Å². The average molecular weight is 230 g/mol. The molecule has 0 spiro atoms. The van der Waals surface area contributed by atoms with Gasteiger partial charge in [-0.05, 0) is 35.8 Å². The minimum Gasteiger partial charge on any atom is -1.00 e. The number of benzene rings is 1. The van der Waals surface area contributed by atoms with Crippen molar-refractivity contribution in [2.24, 2.45) is 11.3 Å². The van der Waals surface area contributed by atoms with Gasteiger partial charge < -0.3 is 6.53 Å². The van der Waals surface area contributed by atoms with Crippen LogP contribution in [0.5, 0.6) is 5.75 Å². The summed E-state index contributed by atoms with van der Waals surface area (Å²) < 4.78 is 0. The zero-order valence-corrected chi connectivity index (χ0v) is 13.2. The molecule has 0 radical (unpaired) electrons. The van der Waals surface area contributed by atoms with Crippen LogP contribution >= 0.6 is 0 Å². The van der Waals surface area contributed by atoms with Gasteiger partial charge in [0.2, 0.25) is 0 Å². The third-order valence-corrected chi connectivity index (χ3v) is 2.52. The molecule has 1 atom stereocenters. The molecule has 0 heterocycles. The predicted molar refractivity (Wildman–Crippen MR) is 66.2 cm³/mol. The molecule has 1 rings (SSSR count). The Kier molecular flexibility index (Phi) is 6.69. The quantitative estimate of drug-likeness (QED) is 0.772. The molecule has 0 saturated heterocycles. The van der Waals surface area contributed by atoms with E-state index in [2.05, 4.69) is 27.7 Å². The molecule has 0 saturated carbocycles. The van der Waals surface area contributed by atoms with E-state index in [1.165, 1.54) is 6.42 Å². The summed E-state index contributed by atoms with van der Waals surface area (Å²) in [4.78, 5) is 0. The molecule has 0 aromatic heterocycles. The van der Waals surface area contributed by atoms with Crippen LogP contribution in [0, 0.1) is 11.3 Å². The Hall–Kier alpha value is 0.0200. The molecule has 0 aliphatic carbocycles. The predicted octanol–water partition coefficient (Wildman–Crippen LogP) is 1.12. The summed E-state index contributed by atoms with van der Waals surface area (Å²) in [6, 6.07) is 7.62. The Morgan fingerprint density at radius 1 is 1.25 bits per heavy atom. The smallest absolute Gasteiger partial charge is 1.00 e. The van der Waals surface area contributed by atoms with Crippen molar-refractivity contribution in [2.45, 2.75) is 40.5 Å². The molecule has 16 heavy (non-hydrogen) atoms. The molecule has 0 amide bonds. The summed E-state index contributed by atoms with van der Waals surface area (Å²) in [6.07, 6.45) is 2.14. The fraction of sp³-hybridized carbons (Fsp3) is 0.571. The normalized spacial score (nSPS) is 13.0. The largest absolute Gasteiger partial charge is 1.00 e. The number of phenolic OH excluding ortho intramolecular Hbond substituents is 1. The second kappa shape index (κ2) is 6.68. The van der Waals surface area contributed by atoms with Crippen molar-refractivity contribution >= 4 is 0 Å². The molecule has 0 bridgehead atoms. The fourth-order valence-electron chi connectivity index (χ4n) is 2.18. The van der Waals surface area contributed by atoms with Gasteiger partial charge in [0, 0.05) is 0 Å². The average Bonchev–Trinajstić information content (AvgIpc) is 2.05. The van der Waals surface area contributed by atoms with Crippen molar-refractivity contribution in [3.63, 3.8) is 0 Å². The van der Waals surface area contributed by atoms with Gasteiger partial charge >= 0.3 is 29.6 Å². The Morgan fingerprint density at radius 2 is 1.81 bits per heavy atom. The molecule has 1 aromatic carbocycles. The minimum atomic E-state index is 0. The van der Waals surface area contributed by atoms with Crippen molar-refractivity contribution in [2.75, 3.05) is 0 Å². The van der Waals surface area contributed by atoms with Crippen LogP contribution in [0.2, 0.25) is 0 Å². The first kappa shape index (κ1) is 16.0. The Balaban J connectivity index is 0. The van der Waals surface area contributed by atoms with E-state index >= 15 is 0 Å². The van der Waals surface area contributed by atoms with Gasteiger partial charge in [-0.2, -0.15) is 0 Å². The van der Waals surface area contributed by atoms with Crippen LogP contribution in [0.15, 0.2) is 24.3 Å². The van der Waals surface area contributed by atoms with Crippen LogP contribution in [-0.2, 0) is 6.42 Å². The van der Waals surface area contributed by atoms with Gasteiger partial charge in [0.25, 0.3) is 0 Å². The van der Waals surface area contributed by atoms with Crippen LogP contribution in [0.4, 0.5) is 0 Å². The van der Waals surface area contributed by atoms with E-state index in [4.69, 9.17) is 0 Å². The SMILES string of the molecule is CC(Cc1ccccc1O)CC(C)(C)C.[H-].[Na+]. The number of phenols is 1. The van der Waals surface area contributed by atoms with Gasteiger partial charge in [-0.15, -0.1) is 0 Å². The van der Waals surface area contributed by atoms with Crippen molar-refractivity contribution in [1.82, 2.24) is 0 Å². The molecule has 1 aromatic rings. The van der Waals surface area contributed by atoms with Crippen LogP contribution < -0.4 is 29.6 Å². The summed E-state index contributed by atoms with van der Waals surface area (Å²) in [6.45, 7) is 9.02. The Bertz CT molecular complexity index is 320. The number of hydrogen-bond donors (Lipinski definition) is 1. The first-order valence-electron chi connectivity index (χ1n) is 5.65. The monoisotopic (exact) mass is 230 g/mol. The van der Waals surface area contributed by atoms with Crippen molar-refractivity contribution < 1.29 is 36.1 Å². The minimum absolute atomic E-state index is 0. The van der Waals surface area contributed by atoms with Crippen molar-refractivity contribution in [3.8, 4) is 5.75 Å². The van der Waals surface area contributed by atoms with Gasteiger partial charge in [0.05, 0.1) is 0 Å². The number of para-hydroxylation sites is 1. The topological polar surface area (TPSA) is 20.2 Å². The molecule has 86 valence electrons. The van der Waals surface area contributed by atoms with Crippen LogP contribution in [0.25, 0.3) is 0 Å². The number of rotatable bonds is 3. The number of aromatic hydroxyl groups is 1. The van der Waals surface area contributed by atoms with E-state index in [1.807, 2.05) is 18.2 Å². The van der Waals surface area contributed by atoms with Crippen molar-refractivity contribution in [3.05, 3.63) is 29.8 Å². The Labute approximate surface area is 123 Å². The fourth-order valence-corrected chi connectivity index (χ4v) is 2.18. The second-order valence-electron chi connectivity index (χ2n) is 5.70. The third kappa shape index (κ3) is 5.93.